The van der Waals surface area contributed by atoms with E-state index in [1.807, 2.05) is 12.1 Å². The fourth-order valence-corrected chi connectivity index (χ4v) is 5.07. The number of hydrogen-bond acceptors (Lipinski definition) is 8. The van der Waals surface area contributed by atoms with Crippen LogP contribution in [0.4, 0.5) is 14.5 Å². The van der Waals surface area contributed by atoms with E-state index >= 15 is 8.78 Å². The molecule has 194 valence electrons. The minimum Gasteiger partial charge on any atom is -0.484 e. The van der Waals surface area contributed by atoms with Gasteiger partial charge in [0.25, 0.3) is 5.91 Å². The molecular weight excluding hydrogens is 512 g/mol. The number of nitrogens with zero attached hydrogens (tertiary/aromatic N) is 5. The summed E-state index contributed by atoms with van der Waals surface area (Å²) >= 11 is 1.27. The van der Waals surface area contributed by atoms with E-state index in [9.17, 15) is 4.79 Å². The van der Waals surface area contributed by atoms with Crippen molar-refractivity contribution in [3.63, 3.8) is 0 Å². The van der Waals surface area contributed by atoms with Crippen molar-refractivity contribution in [3.8, 4) is 16.3 Å². The maximum absolute atomic E-state index is 15.8. The van der Waals surface area contributed by atoms with Crippen molar-refractivity contribution in [2.45, 2.75) is 31.9 Å². The zero-order valence-corrected chi connectivity index (χ0v) is 21.0. The van der Waals surface area contributed by atoms with Crippen molar-refractivity contribution in [2.75, 3.05) is 18.4 Å². The number of ether oxygens (including phenoxy) is 1. The van der Waals surface area contributed by atoms with Gasteiger partial charge in [-0.2, -0.15) is 15.3 Å². The molecule has 4 aromatic rings. The third kappa shape index (κ3) is 5.18. The highest BCUT2D eigenvalue weighted by Gasteiger charge is 2.31. The summed E-state index contributed by atoms with van der Waals surface area (Å²) in [4.78, 5) is 19.7. The van der Waals surface area contributed by atoms with E-state index in [0.717, 1.165) is 30.2 Å². The number of carbonyl (C=O) groups excluding carboxylic acids is 1. The van der Waals surface area contributed by atoms with Crippen LogP contribution in [0.25, 0.3) is 16.1 Å². The van der Waals surface area contributed by atoms with Crippen LogP contribution in [0.3, 0.4) is 0 Å². The first-order valence-corrected chi connectivity index (χ1v) is 13.1. The molecular formula is C26H23F2N7O2S. The SMILES string of the molecule is O=C(Nc1cc(F)c(OC2CC2)c(F)c1C1=CCN(Cc2cc[nH]n2)CC1)c1csc(-c2ccnnc2)n1. The molecule has 2 aliphatic rings. The van der Waals surface area contributed by atoms with Crippen LogP contribution in [-0.2, 0) is 6.54 Å². The lowest BCUT2D eigenvalue weighted by Gasteiger charge is -2.27. The molecule has 0 saturated heterocycles. The molecule has 1 aliphatic heterocycles. The molecule has 9 nitrogen and oxygen atoms in total. The van der Waals surface area contributed by atoms with Gasteiger partial charge in [0.05, 0.1) is 29.9 Å². The molecule has 12 heteroatoms. The number of amides is 1. The monoisotopic (exact) mass is 535 g/mol. The fraction of sp³-hybridized carbons (Fsp3) is 0.269. The summed E-state index contributed by atoms with van der Waals surface area (Å²) in [6, 6.07) is 4.77. The number of nitrogens with one attached hydrogen (secondary N) is 2. The zero-order valence-electron chi connectivity index (χ0n) is 20.2. The van der Waals surface area contributed by atoms with Gasteiger partial charge in [-0.15, -0.1) is 11.3 Å². The van der Waals surface area contributed by atoms with Gasteiger partial charge < -0.3 is 10.1 Å². The summed E-state index contributed by atoms with van der Waals surface area (Å²) in [7, 11) is 0. The molecule has 1 aliphatic carbocycles. The topological polar surface area (TPSA) is 109 Å². The number of thiazole rings is 1. The lowest BCUT2D eigenvalue weighted by molar-refractivity contribution is 0.102. The summed E-state index contributed by atoms with van der Waals surface area (Å²) in [5.74, 6) is -2.63. The molecule has 1 amide bonds. The number of H-pyrrole nitrogens is 1. The molecule has 6 rings (SSSR count). The predicted octanol–water partition coefficient (Wildman–Crippen LogP) is 4.68. The average Bonchev–Trinajstić information content (AvgIpc) is 3.36. The van der Waals surface area contributed by atoms with E-state index in [-0.39, 0.29) is 23.0 Å². The van der Waals surface area contributed by atoms with Gasteiger partial charge in [0, 0.05) is 48.4 Å². The fourth-order valence-electron chi connectivity index (χ4n) is 4.28. The normalized spacial score (nSPS) is 15.8. The van der Waals surface area contributed by atoms with Crippen LogP contribution in [0, 0.1) is 11.6 Å². The molecule has 0 radical (unpaired) electrons. The Hall–Kier alpha value is -4.03. The Morgan fingerprint density at radius 2 is 2.16 bits per heavy atom. The summed E-state index contributed by atoms with van der Waals surface area (Å²) in [6.07, 6.45) is 8.60. The Morgan fingerprint density at radius 3 is 2.87 bits per heavy atom. The Labute approximate surface area is 220 Å². The number of halogens is 2. The average molecular weight is 536 g/mol. The van der Waals surface area contributed by atoms with Crippen molar-refractivity contribution in [1.29, 1.82) is 0 Å². The van der Waals surface area contributed by atoms with E-state index in [1.165, 1.54) is 17.5 Å². The van der Waals surface area contributed by atoms with Gasteiger partial charge in [0.15, 0.2) is 17.4 Å². The molecule has 2 N–H and O–H groups in total. The summed E-state index contributed by atoms with van der Waals surface area (Å²) in [6.45, 7) is 1.86. The highest BCUT2D eigenvalue weighted by Crippen LogP contribution is 2.40. The molecule has 0 spiro atoms. The Bertz CT molecular complexity index is 1490. The van der Waals surface area contributed by atoms with Crippen molar-refractivity contribution in [3.05, 3.63) is 76.8 Å². The minimum absolute atomic E-state index is 0.0419. The van der Waals surface area contributed by atoms with Crippen LogP contribution in [0.1, 0.15) is 41.0 Å². The van der Waals surface area contributed by atoms with Crippen LogP contribution < -0.4 is 10.1 Å². The highest BCUT2D eigenvalue weighted by atomic mass is 32.1. The molecule has 0 bridgehead atoms. The van der Waals surface area contributed by atoms with Crippen LogP contribution in [0.2, 0.25) is 0 Å². The predicted molar refractivity (Wildman–Crippen MR) is 138 cm³/mol. The second-order valence-corrected chi connectivity index (χ2v) is 10.0. The van der Waals surface area contributed by atoms with E-state index in [4.69, 9.17) is 4.74 Å². The van der Waals surface area contributed by atoms with Gasteiger partial charge >= 0.3 is 0 Å². The first-order valence-electron chi connectivity index (χ1n) is 12.2. The molecule has 1 aromatic carbocycles. The lowest BCUT2D eigenvalue weighted by atomic mass is 9.96. The maximum atomic E-state index is 15.8. The van der Waals surface area contributed by atoms with Gasteiger partial charge in [-0.25, -0.2) is 13.8 Å². The van der Waals surface area contributed by atoms with Gasteiger partial charge in [-0.1, -0.05) is 6.08 Å². The van der Waals surface area contributed by atoms with Crippen molar-refractivity contribution >= 4 is 28.5 Å². The van der Waals surface area contributed by atoms with Gasteiger partial charge in [0.2, 0.25) is 0 Å². The molecule has 0 unspecified atom stereocenters. The molecule has 38 heavy (non-hydrogen) atoms. The first-order chi connectivity index (χ1) is 18.5. The smallest absolute Gasteiger partial charge is 0.275 e. The Morgan fingerprint density at radius 1 is 1.26 bits per heavy atom. The number of aromatic nitrogens is 5. The van der Waals surface area contributed by atoms with Crippen molar-refractivity contribution in [2.24, 2.45) is 0 Å². The standard InChI is InChI=1S/C26H23F2N7O2S/c27-19-11-20(32-25(36)21-14-38-26(33-21)16-3-7-29-31-12-16)22(23(28)24(19)37-18-1-2-18)15-5-9-35(10-6-15)13-17-4-8-30-34-17/h3-5,7-8,11-12,14,18H,1-2,6,9-10,13H2,(H,30,34)(H,32,36). The Kier molecular flexibility index (Phi) is 6.64. The second kappa shape index (κ2) is 10.4. The molecule has 0 atom stereocenters. The van der Waals surface area contributed by atoms with Gasteiger partial charge in [-0.05, 0) is 37.0 Å². The molecule has 4 heterocycles. The van der Waals surface area contributed by atoms with Crippen LogP contribution >= 0.6 is 11.3 Å². The van der Waals surface area contributed by atoms with E-state index in [0.29, 0.717) is 36.6 Å². The molecule has 3 aromatic heterocycles. The number of aromatic amines is 1. The minimum atomic E-state index is -0.855. The van der Waals surface area contributed by atoms with Crippen molar-refractivity contribution in [1.82, 2.24) is 30.3 Å². The third-order valence-corrected chi connectivity index (χ3v) is 7.25. The molecule has 1 saturated carbocycles. The van der Waals surface area contributed by atoms with Gasteiger partial charge in [0.1, 0.15) is 10.7 Å². The summed E-state index contributed by atoms with van der Waals surface area (Å²) < 4.78 is 36.4. The first kappa shape index (κ1) is 24.3. The third-order valence-electron chi connectivity index (χ3n) is 6.36. The van der Waals surface area contributed by atoms with E-state index in [2.05, 4.69) is 35.6 Å². The van der Waals surface area contributed by atoms with E-state index in [1.54, 1.807) is 23.8 Å². The quantitative estimate of drug-likeness (QED) is 0.337. The lowest BCUT2D eigenvalue weighted by Crippen LogP contribution is -2.28. The number of carbonyl (C=O) groups is 1. The van der Waals surface area contributed by atoms with Crippen LogP contribution in [-0.4, -0.2) is 55.4 Å². The number of anilines is 1. The summed E-state index contributed by atoms with van der Waals surface area (Å²) in [5, 5.41) is 19.4. The van der Waals surface area contributed by atoms with Crippen LogP contribution in [0.5, 0.6) is 5.75 Å². The van der Waals surface area contributed by atoms with Crippen LogP contribution in [0.15, 0.2) is 48.2 Å². The number of hydrogen-bond donors (Lipinski definition) is 2. The second-order valence-electron chi connectivity index (χ2n) is 9.14. The maximum Gasteiger partial charge on any atom is 0.275 e. The largest absolute Gasteiger partial charge is 0.484 e. The zero-order chi connectivity index (χ0) is 26.1. The number of rotatable bonds is 8. The van der Waals surface area contributed by atoms with Crippen molar-refractivity contribution < 1.29 is 18.3 Å². The molecule has 1 fully saturated rings. The van der Waals surface area contributed by atoms with Gasteiger partial charge in [-0.3, -0.25) is 14.8 Å². The highest BCUT2D eigenvalue weighted by molar-refractivity contribution is 7.13. The van der Waals surface area contributed by atoms with E-state index < -0.39 is 23.3 Å². The Balaban J connectivity index is 1.29. The summed E-state index contributed by atoms with van der Waals surface area (Å²) in [5.41, 5.74) is 2.63. The number of benzene rings is 1.